The number of hydrogen-bond acceptors (Lipinski definition) is 6. The average Bonchev–Trinajstić information content (AvgIpc) is 3.22. The number of fused-ring (bicyclic) bond motifs is 1. The Balaban J connectivity index is 1.55. The number of aryl methyl sites for hydroxylation is 2. The normalized spacial score (nSPS) is 15.7. The molecule has 1 fully saturated rings. The first-order valence-electron chi connectivity index (χ1n) is 8.89. The van der Waals surface area contributed by atoms with Crippen molar-refractivity contribution in [3.8, 4) is 0 Å². The number of nitro groups is 1. The molecule has 7 nitrogen and oxygen atoms in total. The topological polar surface area (TPSA) is 77.1 Å². The zero-order chi connectivity index (χ0) is 18.3. The highest BCUT2D eigenvalue weighted by Crippen LogP contribution is 2.38. The van der Waals surface area contributed by atoms with Gasteiger partial charge in [-0.25, -0.2) is 9.67 Å². The van der Waals surface area contributed by atoms with Gasteiger partial charge in [-0.2, -0.15) is 5.10 Å². The second-order valence-corrected chi connectivity index (χ2v) is 7.70. The van der Waals surface area contributed by atoms with Crippen LogP contribution in [0.2, 0.25) is 0 Å². The number of hydrogen-bond donors (Lipinski definition) is 0. The Bertz CT molecular complexity index is 923. The monoisotopic (exact) mass is 371 g/mol. The van der Waals surface area contributed by atoms with Gasteiger partial charge >= 0.3 is 5.69 Å². The number of benzene rings is 1. The van der Waals surface area contributed by atoms with Gasteiger partial charge in [-0.3, -0.25) is 10.1 Å². The van der Waals surface area contributed by atoms with E-state index in [-0.39, 0.29) is 10.6 Å². The SMILES string of the molecule is CCc1nn(C)c(N2CCC(c3nc4ccccc4s3)CC2)c1[N+](=O)[O-]. The lowest BCUT2D eigenvalue weighted by molar-refractivity contribution is -0.384. The van der Waals surface area contributed by atoms with Crippen molar-refractivity contribution in [3.05, 3.63) is 45.1 Å². The Hall–Kier alpha value is -2.48. The van der Waals surface area contributed by atoms with Crippen LogP contribution >= 0.6 is 11.3 Å². The third-order valence-electron chi connectivity index (χ3n) is 5.03. The van der Waals surface area contributed by atoms with Crippen LogP contribution in [0.5, 0.6) is 0 Å². The fraction of sp³-hybridized carbons (Fsp3) is 0.444. The number of para-hydroxylation sites is 1. The summed E-state index contributed by atoms with van der Waals surface area (Å²) in [7, 11) is 1.79. The molecule has 0 unspecified atom stereocenters. The van der Waals surface area contributed by atoms with E-state index in [9.17, 15) is 10.1 Å². The molecule has 1 aliphatic rings. The van der Waals surface area contributed by atoms with Crippen LogP contribution in [0.3, 0.4) is 0 Å². The van der Waals surface area contributed by atoms with Gasteiger partial charge in [-0.15, -0.1) is 11.3 Å². The van der Waals surface area contributed by atoms with Crippen molar-refractivity contribution in [2.45, 2.75) is 32.1 Å². The molecule has 0 N–H and O–H groups in total. The summed E-state index contributed by atoms with van der Waals surface area (Å²) in [5.41, 5.74) is 1.78. The molecule has 0 atom stereocenters. The minimum atomic E-state index is -0.291. The second kappa shape index (κ2) is 6.68. The summed E-state index contributed by atoms with van der Waals surface area (Å²) >= 11 is 1.76. The van der Waals surface area contributed by atoms with E-state index < -0.39 is 0 Å². The van der Waals surface area contributed by atoms with Crippen molar-refractivity contribution in [1.82, 2.24) is 14.8 Å². The molecule has 0 radical (unpaired) electrons. The highest BCUT2D eigenvalue weighted by molar-refractivity contribution is 7.18. The Morgan fingerprint density at radius 3 is 2.69 bits per heavy atom. The Morgan fingerprint density at radius 1 is 1.31 bits per heavy atom. The lowest BCUT2D eigenvalue weighted by Crippen LogP contribution is -2.34. The summed E-state index contributed by atoms with van der Waals surface area (Å²) in [4.78, 5) is 18.2. The standard InChI is InChI=1S/C18H21N5O2S/c1-3-13-16(23(24)25)18(21(2)20-13)22-10-8-12(9-11-22)17-19-14-6-4-5-7-15(14)26-17/h4-7,12H,3,8-11H2,1-2H3. The van der Waals surface area contributed by atoms with Crippen LogP contribution in [0.15, 0.2) is 24.3 Å². The van der Waals surface area contributed by atoms with E-state index in [1.807, 2.05) is 19.1 Å². The van der Waals surface area contributed by atoms with E-state index in [0.29, 0.717) is 23.9 Å². The minimum Gasteiger partial charge on any atom is -0.351 e. The lowest BCUT2D eigenvalue weighted by Gasteiger charge is -2.31. The minimum absolute atomic E-state index is 0.161. The van der Waals surface area contributed by atoms with Crippen LogP contribution in [0, 0.1) is 10.1 Å². The molecular weight excluding hydrogens is 350 g/mol. The molecule has 0 spiro atoms. The largest absolute Gasteiger partial charge is 0.351 e. The molecule has 3 aromatic rings. The highest BCUT2D eigenvalue weighted by Gasteiger charge is 2.32. The van der Waals surface area contributed by atoms with Gasteiger partial charge < -0.3 is 4.90 Å². The molecule has 0 saturated carbocycles. The van der Waals surface area contributed by atoms with E-state index >= 15 is 0 Å². The van der Waals surface area contributed by atoms with Gasteiger partial charge in [-0.1, -0.05) is 19.1 Å². The summed E-state index contributed by atoms with van der Waals surface area (Å²) in [5, 5.41) is 17.1. The number of nitrogens with zero attached hydrogens (tertiary/aromatic N) is 5. The van der Waals surface area contributed by atoms with E-state index in [1.165, 1.54) is 9.71 Å². The maximum atomic E-state index is 11.6. The van der Waals surface area contributed by atoms with Gasteiger partial charge in [0, 0.05) is 26.1 Å². The summed E-state index contributed by atoms with van der Waals surface area (Å²) < 4.78 is 2.88. The predicted molar refractivity (Wildman–Crippen MR) is 103 cm³/mol. The van der Waals surface area contributed by atoms with Gasteiger partial charge in [-0.05, 0) is 31.4 Å². The Labute approximate surface area is 155 Å². The maximum Gasteiger partial charge on any atom is 0.334 e. The highest BCUT2D eigenvalue weighted by atomic mass is 32.1. The molecular formula is C18H21N5O2S. The van der Waals surface area contributed by atoms with Gasteiger partial charge in [0.15, 0.2) is 0 Å². The van der Waals surface area contributed by atoms with Crippen LogP contribution in [0.4, 0.5) is 11.5 Å². The van der Waals surface area contributed by atoms with Crippen LogP contribution in [-0.4, -0.2) is 32.8 Å². The van der Waals surface area contributed by atoms with Crippen molar-refractivity contribution in [1.29, 1.82) is 0 Å². The summed E-state index contributed by atoms with van der Waals surface area (Å²) in [6.45, 7) is 3.46. The Morgan fingerprint density at radius 2 is 2.04 bits per heavy atom. The maximum absolute atomic E-state index is 11.6. The zero-order valence-corrected chi connectivity index (χ0v) is 15.7. The zero-order valence-electron chi connectivity index (χ0n) is 14.9. The molecule has 2 aromatic heterocycles. The predicted octanol–water partition coefficient (Wildman–Crippen LogP) is 3.88. The average molecular weight is 371 g/mol. The first kappa shape index (κ1) is 17.0. The smallest absolute Gasteiger partial charge is 0.334 e. The summed E-state index contributed by atoms with van der Waals surface area (Å²) in [5.74, 6) is 1.05. The third-order valence-corrected chi connectivity index (χ3v) is 6.23. The first-order valence-corrected chi connectivity index (χ1v) is 9.70. The molecule has 4 rings (SSSR count). The molecule has 0 bridgehead atoms. The molecule has 3 heterocycles. The molecule has 1 aromatic carbocycles. The quantitative estimate of drug-likeness (QED) is 0.514. The second-order valence-electron chi connectivity index (χ2n) is 6.63. The van der Waals surface area contributed by atoms with Crippen molar-refractivity contribution in [2.24, 2.45) is 7.05 Å². The van der Waals surface area contributed by atoms with Gasteiger partial charge in [0.2, 0.25) is 5.82 Å². The number of thiazole rings is 1. The van der Waals surface area contributed by atoms with Gasteiger partial charge in [0.25, 0.3) is 0 Å². The van der Waals surface area contributed by atoms with E-state index in [4.69, 9.17) is 4.98 Å². The van der Waals surface area contributed by atoms with Gasteiger partial charge in [0.1, 0.15) is 5.69 Å². The van der Waals surface area contributed by atoms with Crippen LogP contribution in [0.25, 0.3) is 10.2 Å². The van der Waals surface area contributed by atoms with Crippen molar-refractivity contribution in [3.63, 3.8) is 0 Å². The van der Waals surface area contributed by atoms with Crippen molar-refractivity contribution >= 4 is 33.1 Å². The number of aromatic nitrogens is 3. The molecule has 26 heavy (non-hydrogen) atoms. The van der Waals surface area contributed by atoms with Crippen LogP contribution in [0.1, 0.15) is 36.4 Å². The molecule has 136 valence electrons. The first-order chi connectivity index (χ1) is 12.6. The van der Waals surface area contributed by atoms with Crippen molar-refractivity contribution < 1.29 is 4.92 Å². The molecule has 1 saturated heterocycles. The summed E-state index contributed by atoms with van der Waals surface area (Å²) in [6.07, 6.45) is 2.46. The summed E-state index contributed by atoms with van der Waals surface area (Å²) in [6, 6.07) is 8.22. The molecule has 0 amide bonds. The van der Waals surface area contributed by atoms with Crippen LogP contribution < -0.4 is 4.90 Å². The fourth-order valence-electron chi connectivity index (χ4n) is 3.74. The van der Waals surface area contributed by atoms with E-state index in [2.05, 4.69) is 22.1 Å². The van der Waals surface area contributed by atoms with E-state index in [0.717, 1.165) is 31.4 Å². The lowest BCUT2D eigenvalue weighted by atomic mass is 9.97. The third kappa shape index (κ3) is 2.84. The van der Waals surface area contributed by atoms with Gasteiger partial charge in [0.05, 0.1) is 20.1 Å². The molecule has 8 heteroatoms. The molecule has 1 aliphatic heterocycles. The number of anilines is 1. The van der Waals surface area contributed by atoms with E-state index in [1.54, 1.807) is 23.1 Å². The molecule has 0 aliphatic carbocycles. The number of piperidine rings is 1. The Kier molecular flexibility index (Phi) is 4.36. The fourth-order valence-corrected chi connectivity index (χ4v) is 4.88. The van der Waals surface area contributed by atoms with Crippen molar-refractivity contribution in [2.75, 3.05) is 18.0 Å². The van der Waals surface area contributed by atoms with Crippen LogP contribution in [-0.2, 0) is 13.5 Å². The number of rotatable bonds is 4.